The smallest absolute Gasteiger partial charge is 0.00640 e. The Hall–Kier alpha value is -1.50. The zero-order chi connectivity index (χ0) is 12.0. The summed E-state index contributed by atoms with van der Waals surface area (Å²) in [6.45, 7) is 8.04. The molecular formula is C15H21N. The van der Waals surface area contributed by atoms with Gasteiger partial charge in [-0.1, -0.05) is 42.5 Å². The first-order valence-corrected chi connectivity index (χ1v) is 5.75. The molecule has 0 unspecified atom stereocenters. The highest BCUT2D eigenvalue weighted by Crippen LogP contribution is 2.14. The first kappa shape index (κ1) is 12.6. The number of benzene rings is 1. The van der Waals surface area contributed by atoms with Crippen LogP contribution in [0.4, 0.5) is 0 Å². The Balaban J connectivity index is 2.59. The van der Waals surface area contributed by atoms with Crippen LogP contribution in [0.25, 0.3) is 5.57 Å². The molecule has 0 aromatic heterocycles. The van der Waals surface area contributed by atoms with E-state index < -0.39 is 0 Å². The van der Waals surface area contributed by atoms with E-state index in [0.29, 0.717) is 0 Å². The van der Waals surface area contributed by atoms with E-state index in [1.165, 1.54) is 16.8 Å². The van der Waals surface area contributed by atoms with Crippen LogP contribution in [0.5, 0.6) is 0 Å². The molecule has 1 aromatic carbocycles. The van der Waals surface area contributed by atoms with Gasteiger partial charge in [0.15, 0.2) is 0 Å². The molecule has 1 aromatic rings. The number of rotatable bonds is 5. The lowest BCUT2D eigenvalue weighted by Crippen LogP contribution is -2.06. The minimum atomic E-state index is 1.07. The van der Waals surface area contributed by atoms with Crippen LogP contribution in [0, 0.1) is 0 Å². The minimum Gasteiger partial charge on any atom is -0.392 e. The number of allylic oxidation sites excluding steroid dienone is 3. The predicted octanol–water partition coefficient (Wildman–Crippen LogP) is 3.78. The van der Waals surface area contributed by atoms with Crippen molar-refractivity contribution in [3.63, 3.8) is 0 Å². The molecule has 0 saturated carbocycles. The molecule has 0 aliphatic rings. The molecule has 86 valence electrons. The molecule has 0 aliphatic heterocycles. The monoisotopic (exact) mass is 215 g/mol. The van der Waals surface area contributed by atoms with Crippen molar-refractivity contribution in [3.8, 4) is 0 Å². The van der Waals surface area contributed by atoms with Gasteiger partial charge in [-0.05, 0) is 37.8 Å². The van der Waals surface area contributed by atoms with Gasteiger partial charge in [-0.2, -0.15) is 0 Å². The number of hydrogen-bond acceptors (Lipinski definition) is 1. The Morgan fingerprint density at radius 2 is 1.94 bits per heavy atom. The van der Waals surface area contributed by atoms with E-state index in [0.717, 1.165) is 18.4 Å². The standard InChI is InChI=1S/C15H21N/c1-5-15(16-4)11-8-13-6-9-14(10-7-13)12(2)3/h5-7,9-10,16H,2,8,11H2,1,3-4H3/b15-5+. The van der Waals surface area contributed by atoms with Crippen LogP contribution in [0.3, 0.4) is 0 Å². The summed E-state index contributed by atoms with van der Waals surface area (Å²) in [5, 5.41) is 3.20. The molecule has 0 saturated heterocycles. The van der Waals surface area contributed by atoms with Gasteiger partial charge in [-0.3, -0.25) is 0 Å². The second kappa shape index (κ2) is 6.16. The van der Waals surface area contributed by atoms with Crippen molar-refractivity contribution < 1.29 is 0 Å². The van der Waals surface area contributed by atoms with E-state index in [1.807, 2.05) is 14.0 Å². The molecule has 16 heavy (non-hydrogen) atoms. The maximum absolute atomic E-state index is 3.94. The zero-order valence-electron chi connectivity index (χ0n) is 10.5. The second-order valence-corrected chi connectivity index (χ2v) is 4.04. The minimum absolute atomic E-state index is 1.07. The Morgan fingerprint density at radius 3 is 2.38 bits per heavy atom. The van der Waals surface area contributed by atoms with Crippen LogP contribution >= 0.6 is 0 Å². The molecule has 0 fully saturated rings. The Kier molecular flexibility index (Phi) is 4.84. The van der Waals surface area contributed by atoms with Crippen LogP contribution < -0.4 is 5.32 Å². The number of aryl methyl sites for hydroxylation is 1. The molecule has 1 N–H and O–H groups in total. The Labute approximate surface area is 98.9 Å². The third-order valence-electron chi connectivity index (χ3n) is 2.80. The maximum Gasteiger partial charge on any atom is 0.00640 e. The van der Waals surface area contributed by atoms with Gasteiger partial charge < -0.3 is 5.32 Å². The molecule has 0 radical (unpaired) electrons. The van der Waals surface area contributed by atoms with Crippen LogP contribution in [0.1, 0.15) is 31.4 Å². The topological polar surface area (TPSA) is 12.0 Å². The van der Waals surface area contributed by atoms with E-state index in [9.17, 15) is 0 Å². The molecule has 1 heteroatoms. The highest BCUT2D eigenvalue weighted by Gasteiger charge is 1.97. The van der Waals surface area contributed by atoms with Crippen molar-refractivity contribution in [2.45, 2.75) is 26.7 Å². The van der Waals surface area contributed by atoms with Gasteiger partial charge in [0.05, 0.1) is 0 Å². The fourth-order valence-corrected chi connectivity index (χ4v) is 1.65. The summed E-state index contributed by atoms with van der Waals surface area (Å²) in [5.41, 5.74) is 5.02. The Bertz CT molecular complexity index is 371. The van der Waals surface area contributed by atoms with E-state index in [1.54, 1.807) is 0 Å². The third-order valence-corrected chi connectivity index (χ3v) is 2.80. The fraction of sp³-hybridized carbons (Fsp3) is 0.333. The van der Waals surface area contributed by atoms with Crippen molar-refractivity contribution in [3.05, 3.63) is 53.7 Å². The molecular weight excluding hydrogens is 194 g/mol. The van der Waals surface area contributed by atoms with E-state index in [2.05, 4.69) is 49.2 Å². The first-order chi connectivity index (χ1) is 7.67. The highest BCUT2D eigenvalue weighted by atomic mass is 14.8. The van der Waals surface area contributed by atoms with Crippen molar-refractivity contribution >= 4 is 5.57 Å². The quantitative estimate of drug-likeness (QED) is 0.788. The van der Waals surface area contributed by atoms with Gasteiger partial charge in [-0.15, -0.1) is 0 Å². The van der Waals surface area contributed by atoms with E-state index >= 15 is 0 Å². The van der Waals surface area contributed by atoms with Gasteiger partial charge in [0.1, 0.15) is 0 Å². The second-order valence-electron chi connectivity index (χ2n) is 4.04. The summed E-state index contributed by atoms with van der Waals surface area (Å²) in [6.07, 6.45) is 4.28. The van der Waals surface area contributed by atoms with Crippen molar-refractivity contribution in [2.75, 3.05) is 7.05 Å². The summed E-state index contributed by atoms with van der Waals surface area (Å²) in [4.78, 5) is 0. The first-order valence-electron chi connectivity index (χ1n) is 5.75. The summed E-state index contributed by atoms with van der Waals surface area (Å²) in [5.74, 6) is 0. The lowest BCUT2D eigenvalue weighted by atomic mass is 10.0. The molecule has 0 amide bonds. The summed E-state index contributed by atoms with van der Waals surface area (Å²) >= 11 is 0. The third kappa shape index (κ3) is 3.58. The summed E-state index contributed by atoms with van der Waals surface area (Å²) in [6, 6.07) is 8.67. The zero-order valence-corrected chi connectivity index (χ0v) is 10.5. The largest absolute Gasteiger partial charge is 0.392 e. The SMILES string of the molecule is C=C(C)c1ccc(CC/C(=C\C)NC)cc1. The van der Waals surface area contributed by atoms with Crippen LogP contribution in [-0.4, -0.2) is 7.05 Å². The summed E-state index contributed by atoms with van der Waals surface area (Å²) < 4.78 is 0. The van der Waals surface area contributed by atoms with Crippen LogP contribution in [0.15, 0.2) is 42.6 Å². The van der Waals surface area contributed by atoms with Gasteiger partial charge in [0, 0.05) is 12.7 Å². The van der Waals surface area contributed by atoms with Crippen molar-refractivity contribution in [2.24, 2.45) is 0 Å². The molecule has 0 spiro atoms. The fourth-order valence-electron chi connectivity index (χ4n) is 1.65. The Morgan fingerprint density at radius 1 is 1.31 bits per heavy atom. The molecule has 0 aliphatic carbocycles. The lowest BCUT2D eigenvalue weighted by molar-refractivity contribution is 0.833. The van der Waals surface area contributed by atoms with Gasteiger partial charge >= 0.3 is 0 Å². The van der Waals surface area contributed by atoms with Gasteiger partial charge in [0.25, 0.3) is 0 Å². The molecule has 0 atom stereocenters. The van der Waals surface area contributed by atoms with Crippen LogP contribution in [0.2, 0.25) is 0 Å². The van der Waals surface area contributed by atoms with Crippen molar-refractivity contribution in [1.29, 1.82) is 0 Å². The predicted molar refractivity (Wildman–Crippen MR) is 72.3 cm³/mol. The van der Waals surface area contributed by atoms with Gasteiger partial charge in [0.2, 0.25) is 0 Å². The number of nitrogens with one attached hydrogen (secondary N) is 1. The van der Waals surface area contributed by atoms with E-state index in [4.69, 9.17) is 0 Å². The molecule has 1 nitrogen and oxygen atoms in total. The summed E-state index contributed by atoms with van der Waals surface area (Å²) in [7, 11) is 1.97. The molecule has 1 rings (SSSR count). The lowest BCUT2D eigenvalue weighted by Gasteiger charge is -2.07. The van der Waals surface area contributed by atoms with Crippen molar-refractivity contribution in [1.82, 2.24) is 5.32 Å². The maximum atomic E-state index is 3.94. The average Bonchev–Trinajstić information content (AvgIpc) is 2.31. The molecule has 0 heterocycles. The number of hydrogen-bond donors (Lipinski definition) is 1. The average molecular weight is 215 g/mol. The van der Waals surface area contributed by atoms with E-state index in [-0.39, 0.29) is 0 Å². The highest BCUT2D eigenvalue weighted by molar-refractivity contribution is 5.61. The van der Waals surface area contributed by atoms with Gasteiger partial charge in [-0.25, -0.2) is 0 Å². The molecule has 0 bridgehead atoms. The normalized spacial score (nSPS) is 11.3. The van der Waals surface area contributed by atoms with Crippen LogP contribution in [-0.2, 0) is 6.42 Å².